The Hall–Kier alpha value is -3.47. The Balaban J connectivity index is -0.0000000614. The first-order valence-corrected chi connectivity index (χ1v) is 19.4. The van der Waals surface area contributed by atoms with Crippen molar-refractivity contribution in [2.75, 3.05) is 0 Å². The topological polar surface area (TPSA) is 64.5 Å². The molecular weight excluding hydrogens is 635 g/mol. The molecule has 0 spiro atoms. The molecule has 0 aliphatic rings. The second kappa shape index (κ2) is 54.3. The zero-order chi connectivity index (χ0) is 40.3. The maximum atomic E-state index is 4.18. The van der Waals surface area contributed by atoms with E-state index in [0.717, 1.165) is 11.6 Å². The van der Waals surface area contributed by atoms with Gasteiger partial charge in [0.2, 0.25) is 0 Å². The number of hydrogen-bond acceptors (Lipinski definition) is 5. The molecule has 5 heteroatoms. The molecule has 0 atom stereocenters. The summed E-state index contributed by atoms with van der Waals surface area (Å²) in [5.41, 5.74) is 5.01. The van der Waals surface area contributed by atoms with Crippen LogP contribution in [-0.2, 0) is 0 Å². The van der Waals surface area contributed by atoms with E-state index in [9.17, 15) is 0 Å². The molecule has 0 aromatic carbocycles. The quantitative estimate of drug-likeness (QED) is 0.209. The normalized spacial score (nSPS) is 8.27. The molecule has 4 rings (SSSR count). The lowest BCUT2D eigenvalue weighted by Gasteiger charge is -2.01. The van der Waals surface area contributed by atoms with Crippen molar-refractivity contribution in [3.8, 4) is 0 Å². The van der Waals surface area contributed by atoms with Gasteiger partial charge in [-0.1, -0.05) is 172 Å². The van der Waals surface area contributed by atoms with Crippen LogP contribution in [0.3, 0.4) is 0 Å². The van der Waals surface area contributed by atoms with Crippen molar-refractivity contribution in [1.82, 2.24) is 24.9 Å². The van der Waals surface area contributed by atoms with Gasteiger partial charge in [0.15, 0.2) is 0 Å². The molecule has 0 saturated heterocycles. The Morgan fingerprint density at radius 2 is 0.788 bits per heavy atom. The van der Waals surface area contributed by atoms with Crippen molar-refractivity contribution in [2.45, 2.75) is 184 Å². The Morgan fingerprint density at radius 1 is 0.385 bits per heavy atom. The van der Waals surface area contributed by atoms with Gasteiger partial charge in [0.1, 0.15) is 6.33 Å². The van der Waals surface area contributed by atoms with E-state index in [1.807, 2.05) is 143 Å². The first-order valence-electron chi connectivity index (χ1n) is 19.4. The minimum atomic E-state index is 0. The highest BCUT2D eigenvalue weighted by Gasteiger charge is 1.97. The van der Waals surface area contributed by atoms with Crippen LogP contribution in [0.4, 0.5) is 0 Å². The van der Waals surface area contributed by atoms with Gasteiger partial charge in [-0.3, -0.25) is 15.0 Å². The van der Waals surface area contributed by atoms with E-state index in [0.29, 0.717) is 23.7 Å². The standard InChI is InChI=1S/3C8H11N.C7H10N2.C4H10.5C2H6.2CH4.H2/c1-7(2)8-3-5-9-6-4-8;1-7(2)8-4-3-5-9-6-8;1-7(2)8-5-3-4-6-9-8;1-6(2)7-3-8-5-9-4-7;1-4(2)3;5*1-2;;;/h3*3-7H,1-2H3;3-6H,1-2H3;4H,1-3H3;5*1-2H3;2*1H4;1H/i;;;;;;;;;;;;1+1. The van der Waals surface area contributed by atoms with E-state index in [-0.39, 0.29) is 16.3 Å². The van der Waals surface area contributed by atoms with Crippen molar-refractivity contribution in [3.63, 3.8) is 0 Å². The molecule has 306 valence electrons. The van der Waals surface area contributed by atoms with Crippen LogP contribution < -0.4 is 0 Å². The summed E-state index contributed by atoms with van der Waals surface area (Å²) in [5, 5.41) is 0. The van der Waals surface area contributed by atoms with Crippen molar-refractivity contribution >= 4 is 0 Å². The summed E-state index contributed by atoms with van der Waals surface area (Å²) in [6.07, 6.45) is 14.4. The monoisotopic (exact) mass is 729 g/mol. The molecule has 0 aliphatic carbocycles. The number of rotatable bonds is 4. The summed E-state index contributed by atoms with van der Waals surface area (Å²) in [4.78, 5) is 19.9. The molecule has 0 radical (unpaired) electrons. The third kappa shape index (κ3) is 48.6. The number of aromatic nitrogens is 5. The first-order chi connectivity index (χ1) is 24.0. The molecule has 4 heterocycles. The van der Waals surface area contributed by atoms with Gasteiger partial charge >= 0.3 is 0 Å². The third-order valence-electron chi connectivity index (χ3n) is 5.25. The van der Waals surface area contributed by atoms with Crippen molar-refractivity contribution in [1.29, 1.82) is 0 Å². The van der Waals surface area contributed by atoms with E-state index >= 15 is 0 Å². The van der Waals surface area contributed by atoms with Crippen LogP contribution in [0.5, 0.6) is 0 Å². The largest absolute Gasteiger partial charge is 0.265 e. The maximum Gasteiger partial charge on any atom is 0.115 e. The number of nitrogens with zero attached hydrogens (tertiary/aromatic N) is 5. The second-order valence-electron chi connectivity index (χ2n) is 11.3. The molecule has 0 bridgehead atoms. The van der Waals surface area contributed by atoms with Crippen molar-refractivity contribution < 1.29 is 1.43 Å². The van der Waals surface area contributed by atoms with Gasteiger partial charge in [0.25, 0.3) is 0 Å². The molecule has 0 fully saturated rings. The summed E-state index contributed by atoms with van der Waals surface area (Å²) < 4.78 is 0. The lowest BCUT2D eigenvalue weighted by Crippen LogP contribution is -1.88. The van der Waals surface area contributed by atoms with Gasteiger partial charge in [-0.25, -0.2) is 9.97 Å². The van der Waals surface area contributed by atoms with Crippen molar-refractivity contribution in [2.24, 2.45) is 5.92 Å². The Bertz CT molecular complexity index is 898. The Kier molecular flexibility index (Phi) is 69.7. The molecule has 4 aromatic rings. The predicted octanol–water partition coefficient (Wildman–Crippen LogP) is 16.5. The van der Waals surface area contributed by atoms with E-state index in [2.05, 4.69) is 107 Å². The molecule has 0 aliphatic heterocycles. The molecule has 4 aromatic heterocycles. The first kappa shape index (κ1) is 66.7. The van der Waals surface area contributed by atoms with Gasteiger partial charge in [-0.05, 0) is 76.6 Å². The average Bonchev–Trinajstić information content (AvgIpc) is 3.17. The minimum absolute atomic E-state index is 0. The summed E-state index contributed by atoms with van der Waals surface area (Å²) in [7, 11) is 0. The molecule has 5 nitrogen and oxygen atoms in total. The van der Waals surface area contributed by atoms with E-state index < -0.39 is 0 Å². The van der Waals surface area contributed by atoms with Crippen LogP contribution in [0.2, 0.25) is 0 Å². The van der Waals surface area contributed by atoms with Gasteiger partial charge in [-0.2, -0.15) is 0 Å². The van der Waals surface area contributed by atoms with Crippen LogP contribution in [0.1, 0.15) is 208 Å². The maximum absolute atomic E-state index is 4.18. The summed E-state index contributed by atoms with van der Waals surface area (Å²) in [6.45, 7) is 43.7. The highest BCUT2D eigenvalue weighted by molar-refractivity contribution is 5.13. The Morgan fingerprint density at radius 3 is 1.02 bits per heavy atom. The van der Waals surface area contributed by atoms with E-state index in [1.165, 1.54) is 16.7 Å². The highest BCUT2D eigenvalue weighted by Crippen LogP contribution is 2.12. The Labute approximate surface area is 329 Å². The highest BCUT2D eigenvalue weighted by atomic mass is 14.8. The zero-order valence-electron chi connectivity index (χ0n) is 36.8. The summed E-state index contributed by atoms with van der Waals surface area (Å²) >= 11 is 0. The van der Waals surface area contributed by atoms with Crippen LogP contribution >= 0.6 is 0 Å². The summed E-state index contributed by atoms with van der Waals surface area (Å²) in [5.74, 6) is 3.13. The van der Waals surface area contributed by atoms with Crippen LogP contribution in [0.25, 0.3) is 0 Å². The van der Waals surface area contributed by atoms with Gasteiger partial charge in [0.05, 0.1) is 0 Å². The SMILES string of the molecule is C.C.CC.CC.CC.CC.CC.CC(C)C.CC(C)c1ccccn1.CC(C)c1cccnc1.CC(C)c1ccncc1.CC(C)c1cncnc1.[2HH]. The zero-order valence-corrected chi connectivity index (χ0v) is 36.8. The van der Waals surface area contributed by atoms with Crippen molar-refractivity contribution in [3.05, 3.63) is 115 Å². The van der Waals surface area contributed by atoms with Gasteiger partial charge in [-0.15, -0.1) is 0 Å². The number of pyridine rings is 3. The third-order valence-corrected chi connectivity index (χ3v) is 5.25. The van der Waals surface area contributed by atoms with Gasteiger partial charge in [0, 0.05) is 50.5 Å². The van der Waals surface area contributed by atoms with Crippen LogP contribution in [0, 0.1) is 5.92 Å². The minimum Gasteiger partial charge on any atom is -0.265 e. The van der Waals surface area contributed by atoms with Crippen LogP contribution in [-0.4, -0.2) is 24.9 Å². The molecule has 0 saturated carbocycles. The fourth-order valence-electron chi connectivity index (χ4n) is 2.79. The average molecular weight is 729 g/mol. The molecule has 0 unspecified atom stereocenters. The molecule has 52 heavy (non-hydrogen) atoms. The van der Waals surface area contributed by atoms with E-state index in [1.54, 1.807) is 12.5 Å². The lowest BCUT2D eigenvalue weighted by molar-refractivity contribution is 0.737. The molecular formula is C47H93N5. The fraction of sp³-hybridized carbons (Fsp3) is 0.596. The molecule has 0 amide bonds. The predicted molar refractivity (Wildman–Crippen MR) is 244 cm³/mol. The fourth-order valence-corrected chi connectivity index (χ4v) is 2.79. The smallest absolute Gasteiger partial charge is 0.115 e. The van der Waals surface area contributed by atoms with E-state index in [4.69, 9.17) is 0 Å². The lowest BCUT2D eigenvalue weighted by atomic mass is 10.1. The molecule has 0 N–H and O–H groups in total. The number of hydrogen-bond donors (Lipinski definition) is 0. The van der Waals surface area contributed by atoms with Crippen LogP contribution in [0.15, 0.2) is 92.2 Å². The second-order valence-corrected chi connectivity index (χ2v) is 11.3. The van der Waals surface area contributed by atoms with Gasteiger partial charge < -0.3 is 0 Å². The summed E-state index contributed by atoms with van der Waals surface area (Å²) in [6, 6.07) is 14.2.